The first-order valence-corrected chi connectivity index (χ1v) is 13.9. The van der Waals surface area contributed by atoms with Crippen LogP contribution in [0.5, 0.6) is 0 Å². The van der Waals surface area contributed by atoms with Crippen molar-refractivity contribution in [2.24, 2.45) is 0 Å². The summed E-state index contributed by atoms with van der Waals surface area (Å²) in [6.45, 7) is 3.27. The van der Waals surface area contributed by atoms with E-state index in [1.165, 1.54) is 100 Å². The van der Waals surface area contributed by atoms with Crippen LogP contribution in [0, 0.1) is 0 Å². The zero-order valence-corrected chi connectivity index (χ0v) is 21.6. The number of fused-ring (bicyclic) bond motifs is 9. The van der Waals surface area contributed by atoms with E-state index in [1.54, 1.807) is 0 Å². The van der Waals surface area contributed by atoms with Crippen LogP contribution in [-0.2, 0) is 0 Å². The maximum Gasteiger partial charge on any atom is 0.0420 e. The highest BCUT2D eigenvalue weighted by Crippen LogP contribution is 2.47. The van der Waals surface area contributed by atoms with E-state index in [0.29, 0.717) is 0 Å². The predicted molar refractivity (Wildman–Crippen MR) is 168 cm³/mol. The second-order valence-electron chi connectivity index (χ2n) is 10.7. The third kappa shape index (κ3) is 2.99. The Morgan fingerprint density at radius 3 is 2.08 bits per heavy atom. The molecule has 8 aromatic rings. The summed E-state index contributed by atoms with van der Waals surface area (Å²) >= 11 is 0. The van der Waals surface area contributed by atoms with Gasteiger partial charge in [-0.05, 0) is 88.6 Å². The fourth-order valence-corrected chi connectivity index (χ4v) is 6.83. The molecule has 0 aliphatic rings. The molecular weight excluding hydrogens is 458 g/mol. The average molecular weight is 488 g/mol. The summed E-state index contributed by atoms with van der Waals surface area (Å²) in [4.78, 5) is 0. The molecule has 0 saturated carbocycles. The molecule has 0 radical (unpaired) electrons. The van der Waals surface area contributed by atoms with Crippen LogP contribution >= 0.6 is 0 Å². The molecule has 0 bridgehead atoms. The lowest BCUT2D eigenvalue weighted by atomic mass is 9.84. The van der Waals surface area contributed by atoms with E-state index in [-0.39, 0.29) is 0 Å². The molecular formula is C37H29N. The lowest BCUT2D eigenvalue weighted by Gasteiger charge is -2.19. The van der Waals surface area contributed by atoms with E-state index in [4.69, 9.17) is 0 Å². The lowest BCUT2D eigenvalue weighted by Crippen LogP contribution is -2.01. The van der Waals surface area contributed by atoms with Gasteiger partial charge in [-0.15, -0.1) is 0 Å². The Kier molecular flexibility index (Phi) is 4.76. The Morgan fingerprint density at radius 1 is 0.447 bits per heavy atom. The van der Waals surface area contributed by atoms with Crippen molar-refractivity contribution in [2.45, 2.75) is 26.2 Å². The zero-order chi connectivity index (χ0) is 25.2. The summed E-state index contributed by atoms with van der Waals surface area (Å²) in [6, 6.07) is 38.8. The van der Waals surface area contributed by atoms with Crippen LogP contribution in [0.4, 0.5) is 5.69 Å². The Labute approximate surface area is 222 Å². The Morgan fingerprint density at radius 2 is 1.13 bits per heavy atom. The first-order chi connectivity index (χ1) is 18.8. The number of nitrogens with one attached hydrogen (secondary N) is 1. The van der Waals surface area contributed by atoms with Gasteiger partial charge in [-0.1, -0.05) is 111 Å². The monoisotopic (exact) mass is 487 g/mol. The van der Waals surface area contributed by atoms with E-state index >= 15 is 0 Å². The van der Waals surface area contributed by atoms with Crippen molar-refractivity contribution < 1.29 is 0 Å². The van der Waals surface area contributed by atoms with Crippen LogP contribution in [0.2, 0.25) is 0 Å². The molecule has 8 rings (SSSR count). The minimum atomic E-state index is 1.02. The first kappa shape index (κ1) is 21.7. The van der Waals surface area contributed by atoms with E-state index in [9.17, 15) is 0 Å². The molecule has 0 spiro atoms. The van der Waals surface area contributed by atoms with E-state index < -0.39 is 0 Å². The minimum Gasteiger partial charge on any atom is -0.385 e. The molecule has 0 heterocycles. The fourth-order valence-electron chi connectivity index (χ4n) is 6.83. The Hall–Kier alpha value is -4.36. The summed E-state index contributed by atoms with van der Waals surface area (Å²) in [5.41, 5.74) is 1.24. The fraction of sp³-hybridized carbons (Fsp3) is 0.135. The van der Waals surface area contributed by atoms with Gasteiger partial charge in [0.1, 0.15) is 0 Å². The molecule has 0 aliphatic carbocycles. The summed E-state index contributed by atoms with van der Waals surface area (Å²) in [6.07, 6.45) is 3.71. The molecule has 0 amide bonds. The highest BCUT2D eigenvalue weighted by Gasteiger charge is 2.18. The zero-order valence-electron chi connectivity index (χ0n) is 21.6. The second-order valence-corrected chi connectivity index (χ2v) is 10.7. The van der Waals surface area contributed by atoms with Gasteiger partial charge in [0.15, 0.2) is 0 Å². The standard InChI is InChI=1S/C37H29N/c1-2-3-6-21-38-33-14-8-12-27-28(33)19-20-31-32(27)22-25-16-15-24-10-7-13-29-30-18-17-23-9-4-5-11-26(23)36(30)37(31)35(25)34(24)29/h4-5,7-20,22,38H,2-3,6,21H2,1H3. The van der Waals surface area contributed by atoms with Crippen LogP contribution in [0.15, 0.2) is 103 Å². The molecule has 0 atom stereocenters. The molecule has 1 heteroatoms. The van der Waals surface area contributed by atoms with E-state index in [1.807, 2.05) is 0 Å². The number of hydrogen-bond acceptors (Lipinski definition) is 1. The number of rotatable bonds is 5. The van der Waals surface area contributed by atoms with Crippen LogP contribution in [0.3, 0.4) is 0 Å². The van der Waals surface area contributed by atoms with Gasteiger partial charge in [-0.3, -0.25) is 0 Å². The minimum absolute atomic E-state index is 1.02. The smallest absolute Gasteiger partial charge is 0.0420 e. The number of hydrogen-bond donors (Lipinski definition) is 1. The summed E-state index contributed by atoms with van der Waals surface area (Å²) < 4.78 is 0. The van der Waals surface area contributed by atoms with Crippen LogP contribution in [0.25, 0.3) is 75.4 Å². The Bertz CT molecular complexity index is 2170. The van der Waals surface area contributed by atoms with Gasteiger partial charge in [0.25, 0.3) is 0 Å². The average Bonchev–Trinajstić information content (AvgIpc) is 2.97. The van der Waals surface area contributed by atoms with Crippen molar-refractivity contribution in [2.75, 3.05) is 11.9 Å². The third-order valence-corrected chi connectivity index (χ3v) is 8.57. The first-order valence-electron chi connectivity index (χ1n) is 13.9. The molecule has 0 aliphatic heterocycles. The van der Waals surface area contributed by atoms with Crippen molar-refractivity contribution in [1.82, 2.24) is 0 Å². The number of unbranched alkanes of at least 4 members (excludes halogenated alkanes) is 2. The van der Waals surface area contributed by atoms with Crippen molar-refractivity contribution in [3.8, 4) is 0 Å². The number of benzene rings is 8. The topological polar surface area (TPSA) is 12.0 Å². The third-order valence-electron chi connectivity index (χ3n) is 8.57. The van der Waals surface area contributed by atoms with Crippen LogP contribution < -0.4 is 5.32 Å². The SMILES string of the molecule is CCCCCNc1cccc2c1ccc1c2cc2ccc3cccc4c5ccc6ccccc6c5c1c2c34. The maximum absolute atomic E-state index is 3.73. The van der Waals surface area contributed by atoms with Crippen molar-refractivity contribution >= 4 is 81.1 Å². The quantitative estimate of drug-likeness (QED) is 0.145. The number of anilines is 1. The highest BCUT2D eigenvalue weighted by molar-refractivity contribution is 6.43. The highest BCUT2D eigenvalue weighted by atomic mass is 14.9. The molecule has 38 heavy (non-hydrogen) atoms. The molecule has 0 aromatic heterocycles. The van der Waals surface area contributed by atoms with Crippen molar-refractivity contribution in [3.63, 3.8) is 0 Å². The van der Waals surface area contributed by atoms with E-state index in [0.717, 1.165) is 6.54 Å². The summed E-state index contributed by atoms with van der Waals surface area (Å²) in [7, 11) is 0. The van der Waals surface area contributed by atoms with Crippen LogP contribution in [0.1, 0.15) is 26.2 Å². The van der Waals surface area contributed by atoms with Gasteiger partial charge >= 0.3 is 0 Å². The molecule has 1 N–H and O–H groups in total. The lowest BCUT2D eigenvalue weighted by molar-refractivity contribution is 0.744. The molecule has 0 saturated heterocycles. The van der Waals surface area contributed by atoms with Crippen molar-refractivity contribution in [1.29, 1.82) is 0 Å². The largest absolute Gasteiger partial charge is 0.385 e. The molecule has 0 unspecified atom stereocenters. The predicted octanol–water partition coefficient (Wildman–Crippen LogP) is 10.8. The van der Waals surface area contributed by atoms with E-state index in [2.05, 4.69) is 115 Å². The van der Waals surface area contributed by atoms with Gasteiger partial charge in [-0.25, -0.2) is 0 Å². The molecule has 8 aromatic carbocycles. The van der Waals surface area contributed by atoms with Gasteiger partial charge in [0.05, 0.1) is 0 Å². The van der Waals surface area contributed by atoms with Gasteiger partial charge in [0, 0.05) is 17.6 Å². The Balaban J connectivity index is 1.57. The van der Waals surface area contributed by atoms with Gasteiger partial charge in [-0.2, -0.15) is 0 Å². The molecule has 1 nitrogen and oxygen atoms in total. The normalized spacial score (nSPS) is 12.2. The van der Waals surface area contributed by atoms with Gasteiger partial charge < -0.3 is 5.32 Å². The van der Waals surface area contributed by atoms with Crippen LogP contribution in [-0.4, -0.2) is 6.54 Å². The molecule has 0 fully saturated rings. The van der Waals surface area contributed by atoms with Crippen molar-refractivity contribution in [3.05, 3.63) is 103 Å². The molecule has 182 valence electrons. The van der Waals surface area contributed by atoms with Gasteiger partial charge in [0.2, 0.25) is 0 Å². The summed E-state index contributed by atoms with van der Waals surface area (Å²) in [5, 5.41) is 22.5. The second kappa shape index (κ2) is 8.33. The maximum atomic E-state index is 3.73. The summed E-state index contributed by atoms with van der Waals surface area (Å²) in [5.74, 6) is 0.